The third-order valence-electron chi connectivity index (χ3n) is 23.1. The van der Waals surface area contributed by atoms with Crippen molar-refractivity contribution in [3.05, 3.63) is 48.6 Å². The molecule has 3 aliphatic rings. The molecule has 0 aromatic rings. The van der Waals surface area contributed by atoms with Crippen LogP contribution in [-0.4, -0.2) is 193 Å². The zero-order valence-electron chi connectivity index (χ0n) is 70.5. The lowest BCUT2D eigenvalue weighted by Crippen LogP contribution is -2.66. The molecule has 17 unspecified atom stereocenters. The average Bonchev–Trinajstić information content (AvgIpc) is 0.780. The summed E-state index contributed by atoms with van der Waals surface area (Å²) >= 11 is 0. The summed E-state index contributed by atoms with van der Waals surface area (Å²) in [5, 5.41) is 121. The quantitative estimate of drug-likeness (QED) is 0.0199. The van der Waals surface area contributed by atoms with Crippen LogP contribution in [-0.2, 0) is 33.2 Å². The van der Waals surface area contributed by atoms with Crippen molar-refractivity contribution >= 4 is 5.91 Å². The summed E-state index contributed by atoms with van der Waals surface area (Å²) in [6, 6.07) is -0.992. The maximum atomic E-state index is 13.5. The van der Waals surface area contributed by atoms with Crippen LogP contribution >= 0.6 is 0 Å². The maximum Gasteiger partial charge on any atom is 0.220 e. The minimum atomic E-state index is -1.98. The van der Waals surface area contributed by atoms with E-state index in [0.29, 0.717) is 12.8 Å². The monoisotopic (exact) mass is 1580 g/mol. The van der Waals surface area contributed by atoms with Crippen molar-refractivity contribution in [1.29, 1.82) is 0 Å². The van der Waals surface area contributed by atoms with E-state index in [2.05, 4.69) is 55.6 Å². The summed E-state index contributed by atoms with van der Waals surface area (Å²) < 4.78 is 34.5. The van der Waals surface area contributed by atoms with Crippen LogP contribution in [0.4, 0.5) is 0 Å². The number of rotatable bonds is 76. The Morgan fingerprint density at radius 1 is 0.324 bits per heavy atom. The molecule has 0 aromatic carbocycles. The topological polar surface area (TPSA) is 307 Å². The molecule has 1 amide bonds. The van der Waals surface area contributed by atoms with Crippen LogP contribution in [0.15, 0.2) is 48.6 Å². The SMILES string of the molecule is CCCCCCC/C=C\C/C=C\CCCCCCCCCCCCCCCCCCCCCCCCCC(=O)NC(COC1OC(CO)C(OC2OC(CO)C(OC3OC(CO)C(O)C(O)C3O)C(O)C2O)C(O)C1O)C(O)/C=C/CC/C=C/CCCCCCCCCCCCCCCCCCCCCCCCCCC. The Labute approximate surface area is 675 Å². The van der Waals surface area contributed by atoms with Gasteiger partial charge >= 0.3 is 0 Å². The molecule has 0 radical (unpaired) electrons. The smallest absolute Gasteiger partial charge is 0.220 e. The summed E-state index contributed by atoms with van der Waals surface area (Å²) in [6.07, 6.45) is 67.1. The Bertz CT molecular complexity index is 2190. The van der Waals surface area contributed by atoms with E-state index in [1.807, 2.05) is 6.08 Å². The van der Waals surface area contributed by atoms with E-state index >= 15 is 0 Å². The molecule has 17 atom stereocenters. The van der Waals surface area contributed by atoms with Crippen LogP contribution in [0.1, 0.15) is 399 Å². The van der Waals surface area contributed by atoms with Crippen LogP contribution in [0.5, 0.6) is 0 Å². The van der Waals surface area contributed by atoms with Crippen molar-refractivity contribution in [2.75, 3.05) is 26.4 Å². The second-order valence-corrected chi connectivity index (χ2v) is 33.1. The molecule has 19 heteroatoms. The molecule has 19 nitrogen and oxygen atoms in total. The summed E-state index contributed by atoms with van der Waals surface area (Å²) in [4.78, 5) is 13.5. The molecule has 0 aromatic heterocycles. The van der Waals surface area contributed by atoms with Gasteiger partial charge in [0.1, 0.15) is 73.2 Å². The van der Waals surface area contributed by atoms with E-state index in [0.717, 1.165) is 44.9 Å². The van der Waals surface area contributed by atoms with Crippen molar-refractivity contribution in [3.63, 3.8) is 0 Å². The Hall–Kier alpha value is -2.25. The van der Waals surface area contributed by atoms with Gasteiger partial charge in [0.2, 0.25) is 5.91 Å². The molecule has 12 N–H and O–H groups in total. The van der Waals surface area contributed by atoms with E-state index in [4.69, 9.17) is 28.4 Å². The van der Waals surface area contributed by atoms with Crippen molar-refractivity contribution in [2.45, 2.75) is 503 Å². The number of allylic oxidation sites excluding steroid dienone is 7. The fourth-order valence-corrected chi connectivity index (χ4v) is 15.7. The first-order valence-electron chi connectivity index (χ1n) is 46.4. The first kappa shape index (κ1) is 103. The van der Waals surface area contributed by atoms with Crippen molar-refractivity contribution in [1.82, 2.24) is 5.32 Å². The summed E-state index contributed by atoms with van der Waals surface area (Å²) in [5.41, 5.74) is 0. The van der Waals surface area contributed by atoms with Crippen molar-refractivity contribution in [3.8, 4) is 0 Å². The molecule has 0 saturated carbocycles. The molecule has 3 fully saturated rings. The molecule has 111 heavy (non-hydrogen) atoms. The zero-order chi connectivity index (χ0) is 80.3. The van der Waals surface area contributed by atoms with Gasteiger partial charge in [-0.2, -0.15) is 0 Å². The molecule has 3 saturated heterocycles. The highest BCUT2D eigenvalue weighted by atomic mass is 16.8. The second kappa shape index (κ2) is 71.8. The molecule has 3 aliphatic heterocycles. The number of carbonyl (C=O) groups excluding carboxylic acids is 1. The number of hydrogen-bond donors (Lipinski definition) is 12. The van der Waals surface area contributed by atoms with Gasteiger partial charge in [0.05, 0.1) is 38.6 Å². The summed E-state index contributed by atoms with van der Waals surface area (Å²) in [5.74, 6) is -0.277. The second-order valence-electron chi connectivity index (χ2n) is 33.1. The van der Waals surface area contributed by atoms with Crippen molar-refractivity contribution < 1.29 is 89.4 Å². The third-order valence-corrected chi connectivity index (χ3v) is 23.1. The maximum absolute atomic E-state index is 13.5. The predicted molar refractivity (Wildman–Crippen MR) is 448 cm³/mol. The Kier molecular flexibility index (Phi) is 66.6. The lowest BCUT2D eigenvalue weighted by atomic mass is 9.96. The van der Waals surface area contributed by atoms with E-state index < -0.39 is 124 Å². The molecule has 3 heterocycles. The molecule has 652 valence electrons. The van der Waals surface area contributed by atoms with Gasteiger partial charge in [0, 0.05) is 6.42 Å². The minimum absolute atomic E-state index is 0.239. The molecule has 0 bridgehead atoms. The van der Waals surface area contributed by atoms with E-state index in [-0.39, 0.29) is 18.9 Å². The van der Waals surface area contributed by atoms with E-state index in [1.165, 1.54) is 321 Å². The van der Waals surface area contributed by atoms with Gasteiger partial charge in [0.15, 0.2) is 18.9 Å². The van der Waals surface area contributed by atoms with Gasteiger partial charge in [-0.15, -0.1) is 0 Å². The minimum Gasteiger partial charge on any atom is -0.394 e. The number of amides is 1. The zero-order valence-corrected chi connectivity index (χ0v) is 70.5. The fraction of sp³-hybridized carbons (Fsp3) is 0.902. The van der Waals surface area contributed by atoms with Gasteiger partial charge in [-0.1, -0.05) is 377 Å². The molecular weight excluding hydrogens is 1410 g/mol. The highest BCUT2D eigenvalue weighted by Crippen LogP contribution is 2.34. The largest absolute Gasteiger partial charge is 0.394 e. The number of nitrogens with one attached hydrogen (secondary N) is 1. The predicted octanol–water partition coefficient (Wildman–Crippen LogP) is 18.0. The summed E-state index contributed by atoms with van der Waals surface area (Å²) in [7, 11) is 0. The van der Waals surface area contributed by atoms with Crippen molar-refractivity contribution in [2.24, 2.45) is 0 Å². The Morgan fingerprint density at radius 2 is 0.604 bits per heavy atom. The number of hydrogen-bond acceptors (Lipinski definition) is 18. The lowest BCUT2D eigenvalue weighted by Gasteiger charge is -2.48. The summed E-state index contributed by atoms with van der Waals surface area (Å²) in [6.45, 7) is 1.78. The van der Waals surface area contributed by atoms with E-state index in [9.17, 15) is 61.0 Å². The fourth-order valence-electron chi connectivity index (χ4n) is 15.7. The molecule has 0 spiro atoms. The molecule has 0 aliphatic carbocycles. The van der Waals surface area contributed by atoms with Gasteiger partial charge in [-0.05, 0) is 64.2 Å². The first-order valence-corrected chi connectivity index (χ1v) is 46.4. The number of aliphatic hydroxyl groups excluding tert-OH is 11. The average molecular weight is 1580 g/mol. The lowest BCUT2D eigenvalue weighted by molar-refractivity contribution is -0.379. The normalized spacial score (nSPS) is 25.2. The number of aliphatic hydroxyl groups is 11. The van der Waals surface area contributed by atoms with E-state index in [1.54, 1.807) is 6.08 Å². The number of ether oxygens (including phenoxy) is 6. The number of unbranched alkanes of at least 4 members (excludes halogenated alkanes) is 54. The van der Waals surface area contributed by atoms with Crippen LogP contribution in [0.25, 0.3) is 0 Å². The van der Waals surface area contributed by atoms with Gasteiger partial charge < -0.3 is 89.9 Å². The van der Waals surface area contributed by atoms with Gasteiger partial charge in [-0.3, -0.25) is 4.79 Å². The standard InChI is InChI=1S/C92H171NO18/c1-3-5-7-9-11-13-15-17-19-21-23-25-27-29-31-33-35-36-37-38-40-42-44-46-48-50-52-54-56-58-60-62-64-66-68-70-80(98)93-75(76(97)69-67-65-63-61-59-57-55-53-51-49-47-45-43-41-39-34-32-30-28-26-24-22-20-18-16-14-12-10-8-6-4-2)74-106-90-86(104)83(101)88(78(72-95)108-90)111-92-87(105)84(102)89(79(73-96)109-92)110-91-85(103)82(100)81(99)77(71-94)107-91/h15,17,21,23,59,61,67,69,75-79,81-92,94-97,99-105H,3-14,16,18-20,22,24-58,60,62-66,68,70-74H2,1-2H3,(H,93,98)/b17-15-,23-21-,61-59+,69-67+. The molecular formula is C92H171NO18. The van der Waals surface area contributed by atoms with Crippen LogP contribution in [0.2, 0.25) is 0 Å². The van der Waals surface area contributed by atoms with Crippen LogP contribution in [0, 0.1) is 0 Å². The Balaban J connectivity index is 1.32. The Morgan fingerprint density at radius 3 is 0.955 bits per heavy atom. The van der Waals surface area contributed by atoms with Crippen LogP contribution < -0.4 is 5.32 Å². The third kappa shape index (κ3) is 50.3. The first-order chi connectivity index (χ1) is 54.3. The highest BCUT2D eigenvalue weighted by molar-refractivity contribution is 5.76. The number of carbonyl (C=O) groups is 1. The van der Waals surface area contributed by atoms with Gasteiger partial charge in [-0.25, -0.2) is 0 Å². The van der Waals surface area contributed by atoms with Crippen LogP contribution in [0.3, 0.4) is 0 Å². The molecule has 3 rings (SSSR count). The van der Waals surface area contributed by atoms with Gasteiger partial charge in [0.25, 0.3) is 0 Å². The highest BCUT2D eigenvalue weighted by Gasteiger charge is 2.54.